The fraction of sp³-hybridized carbons (Fsp3) is 0.143. The SMILES string of the molecule is COc1ccc[c]c1O. The maximum absolute atomic E-state index is 8.93. The Bertz CT molecular complexity index is 196. The third-order valence-electron chi connectivity index (χ3n) is 1.02. The van der Waals surface area contributed by atoms with Gasteiger partial charge in [0, 0.05) is 6.07 Å². The number of methoxy groups -OCH3 is 1. The number of benzene rings is 1. The molecule has 47 valence electrons. The maximum atomic E-state index is 8.93. The Morgan fingerprint density at radius 2 is 2.44 bits per heavy atom. The van der Waals surface area contributed by atoms with E-state index in [4.69, 9.17) is 9.84 Å². The molecule has 1 rings (SSSR count). The van der Waals surface area contributed by atoms with Gasteiger partial charge in [0.1, 0.15) is 0 Å². The molecule has 0 fully saturated rings. The number of phenols is 1. The van der Waals surface area contributed by atoms with Crippen molar-refractivity contribution in [2.24, 2.45) is 0 Å². The Morgan fingerprint density at radius 1 is 1.67 bits per heavy atom. The lowest BCUT2D eigenvalue weighted by Crippen LogP contribution is -1.81. The van der Waals surface area contributed by atoms with E-state index in [0.29, 0.717) is 5.75 Å². The maximum Gasteiger partial charge on any atom is 0.165 e. The number of para-hydroxylation sites is 1. The van der Waals surface area contributed by atoms with Crippen molar-refractivity contribution in [3.05, 3.63) is 24.3 Å². The Balaban J connectivity index is 3.01. The molecule has 0 bridgehead atoms. The van der Waals surface area contributed by atoms with Crippen LogP contribution >= 0.6 is 0 Å². The van der Waals surface area contributed by atoms with Crippen LogP contribution in [-0.2, 0) is 0 Å². The van der Waals surface area contributed by atoms with Crippen LogP contribution in [-0.4, -0.2) is 12.2 Å². The predicted octanol–water partition coefficient (Wildman–Crippen LogP) is 1.20. The molecule has 2 heteroatoms. The first-order chi connectivity index (χ1) is 4.34. The zero-order valence-electron chi connectivity index (χ0n) is 5.09. The molecule has 0 saturated heterocycles. The Labute approximate surface area is 53.7 Å². The van der Waals surface area contributed by atoms with Crippen molar-refractivity contribution >= 4 is 0 Å². The molecule has 0 amide bonds. The van der Waals surface area contributed by atoms with Crippen molar-refractivity contribution in [2.75, 3.05) is 7.11 Å². The van der Waals surface area contributed by atoms with Crippen LogP contribution in [0.2, 0.25) is 0 Å². The van der Waals surface area contributed by atoms with E-state index in [2.05, 4.69) is 6.07 Å². The normalized spacial score (nSPS) is 9.00. The van der Waals surface area contributed by atoms with Crippen LogP contribution in [0.25, 0.3) is 0 Å². The zero-order valence-corrected chi connectivity index (χ0v) is 5.09. The second-order valence-electron chi connectivity index (χ2n) is 1.59. The topological polar surface area (TPSA) is 29.5 Å². The van der Waals surface area contributed by atoms with E-state index >= 15 is 0 Å². The Kier molecular flexibility index (Phi) is 1.58. The summed E-state index contributed by atoms with van der Waals surface area (Å²) in [5.41, 5.74) is 0. The lowest BCUT2D eigenvalue weighted by molar-refractivity contribution is 0.373. The van der Waals surface area contributed by atoms with Crippen molar-refractivity contribution in [3.8, 4) is 11.5 Å². The fourth-order valence-corrected chi connectivity index (χ4v) is 0.577. The molecule has 1 radical (unpaired) electrons. The predicted molar refractivity (Wildman–Crippen MR) is 33.5 cm³/mol. The molecule has 0 spiro atoms. The average molecular weight is 123 g/mol. The first-order valence-corrected chi connectivity index (χ1v) is 2.58. The van der Waals surface area contributed by atoms with Crippen LogP contribution in [0.4, 0.5) is 0 Å². The van der Waals surface area contributed by atoms with Gasteiger partial charge in [0.05, 0.1) is 7.11 Å². The van der Waals surface area contributed by atoms with Gasteiger partial charge in [-0.2, -0.15) is 0 Å². The van der Waals surface area contributed by atoms with Crippen LogP contribution in [0.5, 0.6) is 11.5 Å². The minimum absolute atomic E-state index is 0.0556. The smallest absolute Gasteiger partial charge is 0.165 e. The third-order valence-corrected chi connectivity index (χ3v) is 1.02. The minimum atomic E-state index is 0.0556. The van der Waals surface area contributed by atoms with Crippen LogP contribution < -0.4 is 4.74 Å². The summed E-state index contributed by atoms with van der Waals surface area (Å²) in [7, 11) is 1.50. The van der Waals surface area contributed by atoms with E-state index in [-0.39, 0.29) is 5.75 Å². The molecule has 0 unspecified atom stereocenters. The lowest BCUT2D eigenvalue weighted by atomic mass is 10.3. The Morgan fingerprint density at radius 3 is 2.89 bits per heavy atom. The van der Waals surface area contributed by atoms with Gasteiger partial charge in [-0.3, -0.25) is 0 Å². The quantitative estimate of drug-likeness (QED) is 0.608. The van der Waals surface area contributed by atoms with Crippen molar-refractivity contribution < 1.29 is 9.84 Å². The van der Waals surface area contributed by atoms with Gasteiger partial charge in [0.2, 0.25) is 0 Å². The number of hydrogen-bond acceptors (Lipinski definition) is 2. The number of hydrogen-bond donors (Lipinski definition) is 1. The second-order valence-corrected chi connectivity index (χ2v) is 1.59. The molecule has 1 aromatic rings. The summed E-state index contributed by atoms with van der Waals surface area (Å²) in [5, 5.41) is 8.93. The van der Waals surface area contributed by atoms with Gasteiger partial charge in [-0.15, -0.1) is 0 Å². The molecule has 2 nitrogen and oxygen atoms in total. The van der Waals surface area contributed by atoms with Crippen molar-refractivity contribution in [2.45, 2.75) is 0 Å². The average Bonchev–Trinajstić information content (AvgIpc) is 1.89. The van der Waals surface area contributed by atoms with Gasteiger partial charge in [-0.25, -0.2) is 0 Å². The van der Waals surface area contributed by atoms with Crippen LogP contribution in [0, 0.1) is 6.07 Å². The highest BCUT2D eigenvalue weighted by molar-refractivity contribution is 5.36. The number of ether oxygens (including phenoxy) is 1. The van der Waals surface area contributed by atoms with Crippen LogP contribution in [0.15, 0.2) is 18.2 Å². The van der Waals surface area contributed by atoms with E-state index in [9.17, 15) is 0 Å². The van der Waals surface area contributed by atoms with E-state index in [1.807, 2.05) is 0 Å². The third kappa shape index (κ3) is 1.13. The summed E-state index contributed by atoms with van der Waals surface area (Å²) in [6.07, 6.45) is 0. The summed E-state index contributed by atoms with van der Waals surface area (Å²) in [4.78, 5) is 0. The molecular weight excluding hydrogens is 116 g/mol. The summed E-state index contributed by atoms with van der Waals surface area (Å²) in [5.74, 6) is 0.512. The van der Waals surface area contributed by atoms with E-state index < -0.39 is 0 Å². The summed E-state index contributed by atoms with van der Waals surface area (Å²) < 4.78 is 4.76. The molecule has 0 heterocycles. The highest BCUT2D eigenvalue weighted by Gasteiger charge is 1.94. The van der Waals surface area contributed by atoms with E-state index in [1.165, 1.54) is 7.11 Å². The molecule has 0 saturated carbocycles. The zero-order chi connectivity index (χ0) is 6.69. The number of rotatable bonds is 1. The highest BCUT2D eigenvalue weighted by atomic mass is 16.5. The molecule has 9 heavy (non-hydrogen) atoms. The van der Waals surface area contributed by atoms with Gasteiger partial charge >= 0.3 is 0 Å². The first kappa shape index (κ1) is 5.95. The van der Waals surface area contributed by atoms with Gasteiger partial charge in [-0.1, -0.05) is 12.1 Å². The Hall–Kier alpha value is -1.18. The molecular formula is C7H7O2. The summed E-state index contributed by atoms with van der Waals surface area (Å²) in [6, 6.07) is 7.63. The van der Waals surface area contributed by atoms with Crippen LogP contribution in [0.1, 0.15) is 0 Å². The van der Waals surface area contributed by atoms with Crippen LogP contribution in [0.3, 0.4) is 0 Å². The number of aromatic hydroxyl groups is 1. The molecule has 0 aliphatic heterocycles. The molecule has 0 atom stereocenters. The molecule has 0 aliphatic carbocycles. The minimum Gasteiger partial charge on any atom is -0.504 e. The molecule has 0 aromatic heterocycles. The largest absolute Gasteiger partial charge is 0.504 e. The molecule has 0 aliphatic rings. The molecule has 1 N–H and O–H groups in total. The first-order valence-electron chi connectivity index (χ1n) is 2.58. The highest BCUT2D eigenvalue weighted by Crippen LogP contribution is 2.22. The molecule has 1 aromatic carbocycles. The van der Waals surface area contributed by atoms with Gasteiger partial charge < -0.3 is 9.84 Å². The lowest BCUT2D eigenvalue weighted by Gasteiger charge is -1.98. The van der Waals surface area contributed by atoms with E-state index in [0.717, 1.165) is 0 Å². The fourth-order valence-electron chi connectivity index (χ4n) is 0.577. The van der Waals surface area contributed by atoms with Crippen molar-refractivity contribution in [1.82, 2.24) is 0 Å². The van der Waals surface area contributed by atoms with Crippen molar-refractivity contribution in [1.29, 1.82) is 0 Å². The monoisotopic (exact) mass is 123 g/mol. The summed E-state index contributed by atoms with van der Waals surface area (Å²) >= 11 is 0. The standard InChI is InChI=1S/C7H7O2/c1-9-7-5-3-2-4-6(7)8/h2-3,5,8H,1H3. The van der Waals surface area contributed by atoms with Gasteiger partial charge in [0.15, 0.2) is 11.5 Å². The number of phenolic OH excluding ortho intramolecular Hbond substituents is 1. The van der Waals surface area contributed by atoms with Gasteiger partial charge in [0.25, 0.3) is 0 Å². The van der Waals surface area contributed by atoms with Crippen molar-refractivity contribution in [3.63, 3.8) is 0 Å². The van der Waals surface area contributed by atoms with Gasteiger partial charge in [-0.05, 0) is 6.07 Å². The summed E-state index contributed by atoms with van der Waals surface area (Å²) in [6.45, 7) is 0. The van der Waals surface area contributed by atoms with E-state index in [1.54, 1.807) is 18.2 Å². The second kappa shape index (κ2) is 2.40.